The van der Waals surface area contributed by atoms with Gasteiger partial charge in [0.25, 0.3) is 0 Å². The van der Waals surface area contributed by atoms with E-state index in [1.165, 1.54) is 5.56 Å². The number of aromatic amines is 1. The highest BCUT2D eigenvalue weighted by Gasteiger charge is 2.22. The van der Waals surface area contributed by atoms with Gasteiger partial charge in [-0.25, -0.2) is 0 Å². The first-order valence-electron chi connectivity index (χ1n) is 7.76. The van der Waals surface area contributed by atoms with Gasteiger partial charge in [-0.05, 0) is 36.1 Å². The molecule has 1 amide bonds. The molecule has 0 unspecified atom stereocenters. The van der Waals surface area contributed by atoms with E-state index in [4.69, 9.17) is 0 Å². The molecule has 0 fully saturated rings. The van der Waals surface area contributed by atoms with Crippen molar-refractivity contribution in [1.29, 1.82) is 0 Å². The van der Waals surface area contributed by atoms with Crippen LogP contribution in [0.25, 0.3) is 10.9 Å². The molecule has 0 bridgehead atoms. The van der Waals surface area contributed by atoms with Crippen LogP contribution in [0.2, 0.25) is 0 Å². The van der Waals surface area contributed by atoms with Crippen LogP contribution in [0, 0.1) is 0 Å². The number of para-hydroxylation sites is 2. The molecule has 110 valence electrons. The lowest BCUT2D eigenvalue weighted by atomic mass is 10.0. The fourth-order valence-electron chi connectivity index (χ4n) is 3.33. The number of aromatic nitrogens is 1. The highest BCUT2D eigenvalue weighted by atomic mass is 16.2. The molecule has 0 saturated heterocycles. The fraction of sp³-hybridized carbons (Fsp3) is 0.211. The number of anilines is 1. The summed E-state index contributed by atoms with van der Waals surface area (Å²) in [5, 5.41) is 1.14. The van der Waals surface area contributed by atoms with Crippen molar-refractivity contribution >= 4 is 22.5 Å². The molecule has 3 heteroatoms. The van der Waals surface area contributed by atoms with E-state index in [-0.39, 0.29) is 5.91 Å². The number of amides is 1. The summed E-state index contributed by atoms with van der Waals surface area (Å²) in [4.78, 5) is 18.0. The largest absolute Gasteiger partial charge is 0.361 e. The van der Waals surface area contributed by atoms with Crippen molar-refractivity contribution < 1.29 is 4.79 Å². The molecule has 22 heavy (non-hydrogen) atoms. The van der Waals surface area contributed by atoms with Gasteiger partial charge in [0, 0.05) is 29.3 Å². The van der Waals surface area contributed by atoms with Crippen LogP contribution in [0.5, 0.6) is 0 Å². The van der Waals surface area contributed by atoms with Gasteiger partial charge in [-0.3, -0.25) is 4.79 Å². The SMILES string of the molecule is O=C(Cc1c[nH]c2ccccc12)N1CCCc2ccccc21. The molecule has 3 aromatic rings. The highest BCUT2D eigenvalue weighted by Crippen LogP contribution is 2.28. The zero-order valence-electron chi connectivity index (χ0n) is 12.4. The Kier molecular flexibility index (Phi) is 3.19. The Labute approximate surface area is 129 Å². The number of rotatable bonds is 2. The Balaban J connectivity index is 1.63. The molecule has 1 aliphatic rings. The van der Waals surface area contributed by atoms with Gasteiger partial charge in [0.15, 0.2) is 0 Å². The Morgan fingerprint density at radius 3 is 2.86 bits per heavy atom. The van der Waals surface area contributed by atoms with Gasteiger partial charge in [-0.1, -0.05) is 36.4 Å². The van der Waals surface area contributed by atoms with Gasteiger partial charge in [-0.2, -0.15) is 0 Å². The van der Waals surface area contributed by atoms with Gasteiger partial charge < -0.3 is 9.88 Å². The van der Waals surface area contributed by atoms with Crippen molar-refractivity contribution in [2.45, 2.75) is 19.3 Å². The third-order valence-electron chi connectivity index (χ3n) is 4.43. The van der Waals surface area contributed by atoms with E-state index in [1.807, 2.05) is 41.4 Å². The third kappa shape index (κ3) is 2.19. The van der Waals surface area contributed by atoms with Crippen LogP contribution < -0.4 is 4.90 Å². The van der Waals surface area contributed by atoms with E-state index in [1.54, 1.807) is 0 Å². The van der Waals surface area contributed by atoms with Gasteiger partial charge in [0.2, 0.25) is 5.91 Å². The standard InChI is InChI=1S/C19H18N2O/c22-19(12-15-13-20-17-9-3-2-8-16(15)17)21-11-5-7-14-6-1-4-10-18(14)21/h1-4,6,8-10,13,20H,5,7,11-12H2. The number of carbonyl (C=O) groups is 1. The van der Waals surface area contributed by atoms with Crippen molar-refractivity contribution in [2.75, 3.05) is 11.4 Å². The van der Waals surface area contributed by atoms with Crippen molar-refractivity contribution in [2.24, 2.45) is 0 Å². The Morgan fingerprint density at radius 1 is 1.09 bits per heavy atom. The molecule has 2 heterocycles. The smallest absolute Gasteiger partial charge is 0.231 e. The molecule has 1 N–H and O–H groups in total. The molecule has 2 aromatic carbocycles. The monoisotopic (exact) mass is 290 g/mol. The first-order chi connectivity index (χ1) is 10.8. The second kappa shape index (κ2) is 5.34. The van der Waals surface area contributed by atoms with Crippen LogP contribution >= 0.6 is 0 Å². The number of aryl methyl sites for hydroxylation is 1. The molecule has 0 spiro atoms. The van der Waals surface area contributed by atoms with Crippen molar-refractivity contribution in [3.8, 4) is 0 Å². The summed E-state index contributed by atoms with van der Waals surface area (Å²) < 4.78 is 0. The molecule has 0 radical (unpaired) electrons. The van der Waals surface area contributed by atoms with Crippen molar-refractivity contribution in [3.05, 3.63) is 65.9 Å². The summed E-state index contributed by atoms with van der Waals surface area (Å²) >= 11 is 0. The Bertz CT molecular complexity index is 834. The van der Waals surface area contributed by atoms with Gasteiger partial charge in [0.1, 0.15) is 0 Å². The van der Waals surface area contributed by atoms with Gasteiger partial charge >= 0.3 is 0 Å². The molecule has 1 aliphatic heterocycles. The lowest BCUT2D eigenvalue weighted by Crippen LogP contribution is -2.36. The molecule has 3 nitrogen and oxygen atoms in total. The van der Waals surface area contributed by atoms with Crippen LogP contribution in [0.4, 0.5) is 5.69 Å². The zero-order chi connectivity index (χ0) is 14.9. The molecule has 4 rings (SSSR count). The summed E-state index contributed by atoms with van der Waals surface area (Å²) in [6.07, 6.45) is 4.50. The maximum atomic E-state index is 12.8. The lowest BCUT2D eigenvalue weighted by molar-refractivity contribution is -0.118. The van der Waals surface area contributed by atoms with E-state index in [0.29, 0.717) is 6.42 Å². The summed E-state index contributed by atoms with van der Waals surface area (Å²) in [7, 11) is 0. The van der Waals surface area contributed by atoms with Crippen LogP contribution in [0.1, 0.15) is 17.5 Å². The lowest BCUT2D eigenvalue weighted by Gasteiger charge is -2.29. The van der Waals surface area contributed by atoms with Crippen molar-refractivity contribution in [1.82, 2.24) is 4.98 Å². The Hall–Kier alpha value is -2.55. The van der Waals surface area contributed by atoms with E-state index in [9.17, 15) is 4.79 Å². The number of hydrogen-bond donors (Lipinski definition) is 1. The van der Waals surface area contributed by atoms with E-state index < -0.39 is 0 Å². The molecule has 1 aromatic heterocycles. The van der Waals surface area contributed by atoms with Crippen LogP contribution in [-0.4, -0.2) is 17.4 Å². The van der Waals surface area contributed by atoms with E-state index in [2.05, 4.69) is 23.2 Å². The number of H-pyrrole nitrogens is 1. The first kappa shape index (κ1) is 13.1. The van der Waals surface area contributed by atoms with E-state index in [0.717, 1.165) is 41.5 Å². The van der Waals surface area contributed by atoms with Gasteiger partial charge in [0.05, 0.1) is 6.42 Å². The average Bonchev–Trinajstić information content (AvgIpc) is 2.97. The number of hydrogen-bond acceptors (Lipinski definition) is 1. The fourth-order valence-corrected chi connectivity index (χ4v) is 3.33. The van der Waals surface area contributed by atoms with E-state index >= 15 is 0 Å². The van der Waals surface area contributed by atoms with Crippen LogP contribution in [-0.2, 0) is 17.6 Å². The summed E-state index contributed by atoms with van der Waals surface area (Å²) in [5.41, 5.74) is 4.52. The molecule has 0 atom stereocenters. The summed E-state index contributed by atoms with van der Waals surface area (Å²) in [6.45, 7) is 0.818. The molecular formula is C19H18N2O. The van der Waals surface area contributed by atoms with Crippen LogP contribution in [0.3, 0.4) is 0 Å². The number of nitrogens with one attached hydrogen (secondary N) is 1. The molecule has 0 aliphatic carbocycles. The number of carbonyl (C=O) groups excluding carboxylic acids is 1. The summed E-state index contributed by atoms with van der Waals surface area (Å²) in [6, 6.07) is 16.4. The second-order valence-electron chi connectivity index (χ2n) is 5.81. The topological polar surface area (TPSA) is 36.1 Å². The average molecular weight is 290 g/mol. The number of benzene rings is 2. The zero-order valence-corrected chi connectivity index (χ0v) is 12.4. The normalized spacial score (nSPS) is 14.1. The molecular weight excluding hydrogens is 272 g/mol. The third-order valence-corrected chi connectivity index (χ3v) is 4.43. The maximum Gasteiger partial charge on any atom is 0.231 e. The minimum Gasteiger partial charge on any atom is -0.361 e. The predicted molar refractivity (Wildman–Crippen MR) is 89.1 cm³/mol. The number of fused-ring (bicyclic) bond motifs is 2. The van der Waals surface area contributed by atoms with Gasteiger partial charge in [-0.15, -0.1) is 0 Å². The minimum atomic E-state index is 0.178. The second-order valence-corrected chi connectivity index (χ2v) is 5.81. The van der Waals surface area contributed by atoms with Crippen molar-refractivity contribution in [3.63, 3.8) is 0 Å². The highest BCUT2D eigenvalue weighted by molar-refractivity contribution is 5.98. The van der Waals surface area contributed by atoms with Crippen LogP contribution in [0.15, 0.2) is 54.7 Å². The minimum absolute atomic E-state index is 0.178. The predicted octanol–water partition coefficient (Wildman–Crippen LogP) is 3.69. The number of nitrogens with zero attached hydrogens (tertiary/aromatic N) is 1. The molecule has 0 saturated carbocycles. The Morgan fingerprint density at radius 2 is 1.91 bits per heavy atom. The summed E-state index contributed by atoms with van der Waals surface area (Å²) in [5.74, 6) is 0.178. The first-order valence-corrected chi connectivity index (χ1v) is 7.76. The quantitative estimate of drug-likeness (QED) is 0.767. The maximum absolute atomic E-state index is 12.8.